The molecule has 5 nitrogen and oxygen atoms in total. The van der Waals surface area contributed by atoms with Crippen LogP contribution in [0.25, 0.3) is 0 Å². The Morgan fingerprint density at radius 3 is 2.89 bits per heavy atom. The predicted molar refractivity (Wildman–Crippen MR) is 69.1 cm³/mol. The zero-order chi connectivity index (χ0) is 13.5. The maximum absolute atomic E-state index is 11.6. The first-order chi connectivity index (χ1) is 9.06. The highest BCUT2D eigenvalue weighted by molar-refractivity contribution is 5.78. The summed E-state index contributed by atoms with van der Waals surface area (Å²) in [5, 5.41) is 9.53. The second kappa shape index (κ2) is 4.72. The molecular weight excluding hydrogens is 246 g/mol. The second-order valence-corrected chi connectivity index (χ2v) is 6.36. The van der Waals surface area contributed by atoms with Crippen LogP contribution >= 0.6 is 0 Å². The number of nitrogens with zero attached hydrogens (tertiary/aromatic N) is 1. The van der Waals surface area contributed by atoms with Crippen molar-refractivity contribution in [2.75, 3.05) is 26.4 Å². The molecule has 108 valence electrons. The first-order valence-corrected chi connectivity index (χ1v) is 7.28. The average Bonchev–Trinajstić information content (AvgIpc) is 2.98. The highest BCUT2D eigenvalue weighted by Gasteiger charge is 2.50. The Morgan fingerprint density at radius 2 is 2.21 bits per heavy atom. The topological polar surface area (TPSA) is 59.0 Å². The van der Waals surface area contributed by atoms with Crippen LogP contribution in [0.15, 0.2) is 0 Å². The molecule has 3 rings (SSSR count). The Bertz CT molecular complexity index is 366. The molecule has 3 unspecified atom stereocenters. The van der Waals surface area contributed by atoms with E-state index in [1.165, 1.54) is 0 Å². The average molecular weight is 269 g/mol. The smallest absolute Gasteiger partial charge is 0.323 e. The number of hydrogen-bond acceptors (Lipinski definition) is 4. The number of carbonyl (C=O) groups is 1. The van der Waals surface area contributed by atoms with E-state index >= 15 is 0 Å². The molecule has 1 spiro atoms. The maximum atomic E-state index is 11.6. The summed E-state index contributed by atoms with van der Waals surface area (Å²) in [4.78, 5) is 13.8. The third-order valence-electron chi connectivity index (χ3n) is 5.13. The van der Waals surface area contributed by atoms with Crippen LogP contribution in [-0.4, -0.2) is 59.5 Å². The lowest BCUT2D eigenvalue weighted by molar-refractivity contribution is -0.155. The third kappa shape index (κ3) is 2.18. The quantitative estimate of drug-likeness (QED) is 0.818. The molecule has 1 N–H and O–H groups in total. The molecule has 3 fully saturated rings. The minimum absolute atomic E-state index is 0.148. The van der Waals surface area contributed by atoms with Crippen molar-refractivity contribution in [2.24, 2.45) is 0 Å². The summed E-state index contributed by atoms with van der Waals surface area (Å²) in [7, 11) is 0. The van der Waals surface area contributed by atoms with Gasteiger partial charge in [-0.2, -0.15) is 0 Å². The molecule has 3 heterocycles. The van der Waals surface area contributed by atoms with Crippen LogP contribution in [0.3, 0.4) is 0 Å². The number of carboxylic acid groups (broad SMARTS) is 1. The van der Waals surface area contributed by atoms with Crippen LogP contribution in [-0.2, 0) is 14.3 Å². The number of likely N-dealkylation sites (tertiary alicyclic amines) is 1. The van der Waals surface area contributed by atoms with Crippen molar-refractivity contribution < 1.29 is 19.4 Å². The Hall–Kier alpha value is -0.650. The molecule has 5 heteroatoms. The largest absolute Gasteiger partial charge is 0.480 e. The van der Waals surface area contributed by atoms with Crippen LogP contribution in [0.4, 0.5) is 0 Å². The minimum atomic E-state index is -0.692. The van der Waals surface area contributed by atoms with Crippen molar-refractivity contribution in [1.82, 2.24) is 4.90 Å². The molecule has 0 aromatic heterocycles. The van der Waals surface area contributed by atoms with Crippen LogP contribution in [0, 0.1) is 0 Å². The fourth-order valence-corrected chi connectivity index (χ4v) is 3.93. The molecule has 0 amide bonds. The van der Waals surface area contributed by atoms with Gasteiger partial charge in [0.1, 0.15) is 5.54 Å². The van der Waals surface area contributed by atoms with Gasteiger partial charge in [0, 0.05) is 25.7 Å². The van der Waals surface area contributed by atoms with Crippen LogP contribution in [0.5, 0.6) is 0 Å². The van der Waals surface area contributed by atoms with Crippen molar-refractivity contribution in [1.29, 1.82) is 0 Å². The number of aliphatic carboxylic acids is 1. The van der Waals surface area contributed by atoms with Crippen molar-refractivity contribution in [3.05, 3.63) is 0 Å². The molecule has 0 aromatic carbocycles. The highest BCUT2D eigenvalue weighted by atomic mass is 16.6. The third-order valence-corrected chi connectivity index (χ3v) is 5.13. The number of carboxylic acids is 1. The molecule has 3 saturated heterocycles. The lowest BCUT2D eigenvalue weighted by atomic mass is 9.87. The summed E-state index contributed by atoms with van der Waals surface area (Å²) in [5.41, 5.74) is -0.840. The van der Waals surface area contributed by atoms with E-state index in [2.05, 4.69) is 4.90 Å². The summed E-state index contributed by atoms with van der Waals surface area (Å²) < 4.78 is 11.4. The van der Waals surface area contributed by atoms with Crippen LogP contribution in [0.2, 0.25) is 0 Å². The van der Waals surface area contributed by atoms with E-state index in [-0.39, 0.29) is 5.60 Å². The molecule has 0 aliphatic carbocycles. The fourth-order valence-electron chi connectivity index (χ4n) is 3.93. The van der Waals surface area contributed by atoms with E-state index in [0.29, 0.717) is 12.6 Å². The monoisotopic (exact) mass is 269 g/mol. The van der Waals surface area contributed by atoms with E-state index in [1.807, 2.05) is 6.92 Å². The normalized spacial score (nSPS) is 43.9. The first-order valence-electron chi connectivity index (χ1n) is 7.28. The highest BCUT2D eigenvalue weighted by Crippen LogP contribution is 2.40. The van der Waals surface area contributed by atoms with E-state index in [0.717, 1.165) is 51.9 Å². The molecule has 0 bridgehead atoms. The number of ether oxygens (including phenoxy) is 2. The molecule has 0 aromatic rings. The fraction of sp³-hybridized carbons (Fsp3) is 0.929. The van der Waals surface area contributed by atoms with Gasteiger partial charge in [0.15, 0.2) is 0 Å². The molecule has 3 aliphatic rings. The van der Waals surface area contributed by atoms with Gasteiger partial charge in [-0.05, 0) is 39.2 Å². The lowest BCUT2D eigenvalue weighted by Gasteiger charge is -2.45. The summed E-state index contributed by atoms with van der Waals surface area (Å²) in [6, 6.07) is 0.319. The molecule has 3 aliphatic heterocycles. The molecule has 0 saturated carbocycles. The first kappa shape index (κ1) is 13.3. The van der Waals surface area contributed by atoms with Gasteiger partial charge in [0.05, 0.1) is 12.2 Å². The summed E-state index contributed by atoms with van der Waals surface area (Å²) in [5.74, 6) is -0.687. The number of rotatable bonds is 2. The van der Waals surface area contributed by atoms with E-state index < -0.39 is 11.5 Å². The van der Waals surface area contributed by atoms with E-state index in [4.69, 9.17) is 9.47 Å². The number of hydrogen-bond donors (Lipinski definition) is 1. The van der Waals surface area contributed by atoms with Crippen LogP contribution in [0.1, 0.15) is 39.0 Å². The Kier molecular flexibility index (Phi) is 3.31. The standard InChI is InChI=1S/C14H23NO4/c1-13(12(16)17)4-2-6-15(13)11-3-7-19-14(9-11)5-8-18-10-14/h11H,2-10H2,1H3,(H,16,17). The van der Waals surface area contributed by atoms with Gasteiger partial charge in [-0.1, -0.05) is 0 Å². The van der Waals surface area contributed by atoms with E-state index in [9.17, 15) is 9.90 Å². The zero-order valence-electron chi connectivity index (χ0n) is 11.6. The van der Waals surface area contributed by atoms with Gasteiger partial charge in [0.25, 0.3) is 0 Å². The summed E-state index contributed by atoms with van der Waals surface area (Å²) in [6.07, 6.45) is 4.52. The van der Waals surface area contributed by atoms with Crippen molar-refractivity contribution in [3.8, 4) is 0 Å². The molecule has 3 atom stereocenters. The van der Waals surface area contributed by atoms with Gasteiger partial charge in [-0.15, -0.1) is 0 Å². The zero-order valence-corrected chi connectivity index (χ0v) is 11.6. The minimum Gasteiger partial charge on any atom is -0.480 e. The Morgan fingerprint density at radius 1 is 1.37 bits per heavy atom. The van der Waals surface area contributed by atoms with E-state index in [1.54, 1.807) is 0 Å². The van der Waals surface area contributed by atoms with Crippen molar-refractivity contribution in [2.45, 2.75) is 56.2 Å². The molecule has 19 heavy (non-hydrogen) atoms. The molecular formula is C14H23NO4. The maximum Gasteiger partial charge on any atom is 0.323 e. The lowest BCUT2D eigenvalue weighted by Crippen LogP contribution is -2.57. The van der Waals surface area contributed by atoms with Crippen LogP contribution < -0.4 is 0 Å². The Labute approximate surface area is 113 Å². The van der Waals surface area contributed by atoms with Crippen molar-refractivity contribution >= 4 is 5.97 Å². The van der Waals surface area contributed by atoms with Gasteiger partial charge in [-0.25, -0.2) is 0 Å². The van der Waals surface area contributed by atoms with Crippen molar-refractivity contribution in [3.63, 3.8) is 0 Å². The second-order valence-electron chi connectivity index (χ2n) is 6.36. The summed E-state index contributed by atoms with van der Waals surface area (Å²) in [6.45, 7) is 4.92. The van der Waals surface area contributed by atoms with Gasteiger partial charge < -0.3 is 14.6 Å². The van der Waals surface area contributed by atoms with Gasteiger partial charge in [-0.3, -0.25) is 9.69 Å². The Balaban J connectivity index is 1.76. The summed E-state index contributed by atoms with van der Waals surface area (Å²) >= 11 is 0. The van der Waals surface area contributed by atoms with Gasteiger partial charge >= 0.3 is 5.97 Å². The van der Waals surface area contributed by atoms with Gasteiger partial charge in [0.2, 0.25) is 0 Å². The molecule has 0 radical (unpaired) electrons. The predicted octanol–water partition coefficient (Wildman–Crippen LogP) is 1.26. The SMILES string of the molecule is CC1(C(=O)O)CCCN1C1CCOC2(CCOC2)C1.